The van der Waals surface area contributed by atoms with E-state index in [4.69, 9.17) is 4.74 Å². The summed E-state index contributed by atoms with van der Waals surface area (Å²) in [4.78, 5) is 41.1. The van der Waals surface area contributed by atoms with E-state index in [0.29, 0.717) is 40.5 Å². The fourth-order valence-corrected chi connectivity index (χ4v) is 8.54. The first-order chi connectivity index (χ1) is 20.7. The van der Waals surface area contributed by atoms with Crippen LogP contribution in [-0.4, -0.2) is 48.5 Å². The molecule has 1 aliphatic heterocycles. The number of anilines is 1. The van der Waals surface area contributed by atoms with Crippen LogP contribution in [0.15, 0.2) is 91.0 Å². The molecule has 5 aromatic rings. The zero-order chi connectivity index (χ0) is 30.1. The summed E-state index contributed by atoms with van der Waals surface area (Å²) in [5.74, 6) is 0.316. The van der Waals surface area contributed by atoms with Crippen molar-refractivity contribution in [1.82, 2.24) is 4.90 Å². The molecule has 2 unspecified atom stereocenters. The fraction of sp³-hybridized carbons (Fsp3) is 0.235. The van der Waals surface area contributed by atoms with Crippen LogP contribution in [0.5, 0.6) is 5.75 Å². The number of nitrogens with zero attached hydrogens (tertiary/aromatic N) is 1. The zero-order valence-electron chi connectivity index (χ0n) is 24.0. The van der Waals surface area contributed by atoms with Gasteiger partial charge in [0.1, 0.15) is 11.4 Å². The number of methoxy groups -OCH3 is 1. The van der Waals surface area contributed by atoms with Gasteiger partial charge in [-0.2, -0.15) is 0 Å². The van der Waals surface area contributed by atoms with Gasteiger partial charge in [-0.3, -0.25) is 14.2 Å². The van der Waals surface area contributed by atoms with Gasteiger partial charge in [0.15, 0.2) is 0 Å². The molecule has 0 spiro atoms. The third-order valence-electron chi connectivity index (χ3n) is 8.22. The van der Waals surface area contributed by atoms with Crippen LogP contribution in [0.25, 0.3) is 20.9 Å². The van der Waals surface area contributed by atoms with Crippen LogP contribution in [0.1, 0.15) is 45.2 Å². The number of amides is 2. The average Bonchev–Trinajstić information content (AvgIpc) is 3.39. The summed E-state index contributed by atoms with van der Waals surface area (Å²) in [5, 5.41) is 5.48. The van der Waals surface area contributed by atoms with Crippen molar-refractivity contribution >= 4 is 57.1 Å². The minimum absolute atomic E-state index is 0.207. The highest BCUT2D eigenvalue weighted by Crippen LogP contribution is 2.56. The second kappa shape index (κ2) is 12.0. The van der Waals surface area contributed by atoms with E-state index in [2.05, 4.69) is 17.4 Å². The largest absolute Gasteiger partial charge is 0.497 e. The Kier molecular flexibility index (Phi) is 8.10. The number of hydrogen-bond donors (Lipinski definition) is 2. The molecule has 1 fully saturated rings. The summed E-state index contributed by atoms with van der Waals surface area (Å²) in [7, 11) is -2.41. The summed E-state index contributed by atoms with van der Waals surface area (Å²) < 4.78 is 19.5. The molecule has 9 heteroatoms. The molecule has 0 radical (unpaired) electrons. The molecule has 4 aromatic carbocycles. The standard InChI is InChI=1S/C34H33N2O5PS/c1-41-27-15-12-23(13-16-27)24-17-19-36(20-18-24)34(38)32-30(28-9-5-6-10-29(28)43-32)31(42(2,39)40)33(37)35-26-14-11-22-7-3-4-8-25(22)21-26/h3-16,21,24,31H,17-20H2,1-2H3,(H,35,37)(H,39,40). The topological polar surface area (TPSA) is 95.9 Å². The Hall–Kier alpha value is -3.97. The molecule has 1 saturated heterocycles. The Labute approximate surface area is 254 Å². The molecule has 0 saturated carbocycles. The molecule has 0 bridgehead atoms. The van der Waals surface area contributed by atoms with Crippen molar-refractivity contribution in [1.29, 1.82) is 0 Å². The number of ether oxygens (including phenoxy) is 1. The number of rotatable bonds is 7. The van der Waals surface area contributed by atoms with E-state index in [1.54, 1.807) is 13.2 Å². The minimum atomic E-state index is -4.06. The number of fused-ring (bicyclic) bond motifs is 2. The SMILES string of the molecule is COc1ccc(C2CCN(C(=O)c3sc4ccccc4c3C(C(=O)Nc3ccc4ccccc4c3)P(C)(=O)O)CC2)cc1. The van der Waals surface area contributed by atoms with Gasteiger partial charge >= 0.3 is 0 Å². The number of piperidine rings is 1. The van der Waals surface area contributed by atoms with Crippen LogP contribution in [0.4, 0.5) is 5.69 Å². The van der Waals surface area contributed by atoms with Gasteiger partial charge in [0.2, 0.25) is 13.3 Å². The molecular formula is C34H33N2O5PS. The zero-order valence-corrected chi connectivity index (χ0v) is 25.7. The van der Waals surface area contributed by atoms with Gasteiger partial charge in [0.25, 0.3) is 5.91 Å². The van der Waals surface area contributed by atoms with Crippen LogP contribution in [0.2, 0.25) is 0 Å². The average molecular weight is 613 g/mol. The lowest BCUT2D eigenvalue weighted by molar-refractivity contribution is -0.116. The van der Waals surface area contributed by atoms with Crippen LogP contribution >= 0.6 is 18.7 Å². The van der Waals surface area contributed by atoms with E-state index in [1.165, 1.54) is 23.6 Å². The lowest BCUT2D eigenvalue weighted by Crippen LogP contribution is -2.38. The summed E-state index contributed by atoms with van der Waals surface area (Å²) in [6, 6.07) is 28.7. The van der Waals surface area contributed by atoms with Gasteiger partial charge in [-0.15, -0.1) is 11.3 Å². The van der Waals surface area contributed by atoms with Crippen LogP contribution < -0.4 is 10.1 Å². The number of likely N-dealkylation sites (tertiary alicyclic amines) is 1. The van der Waals surface area contributed by atoms with E-state index in [0.717, 1.165) is 34.1 Å². The molecule has 2 N–H and O–H groups in total. The molecule has 7 nitrogen and oxygen atoms in total. The highest BCUT2D eigenvalue weighted by molar-refractivity contribution is 7.58. The van der Waals surface area contributed by atoms with E-state index < -0.39 is 18.9 Å². The summed E-state index contributed by atoms with van der Waals surface area (Å²) in [6.45, 7) is 2.30. The summed E-state index contributed by atoms with van der Waals surface area (Å²) >= 11 is 1.28. The Morgan fingerprint density at radius 3 is 2.33 bits per heavy atom. The number of benzene rings is 4. The lowest BCUT2D eigenvalue weighted by atomic mass is 9.89. The molecule has 1 aliphatic rings. The molecule has 6 rings (SSSR count). The summed E-state index contributed by atoms with van der Waals surface area (Å²) in [5.41, 5.74) is 0.656. The fourth-order valence-electron chi connectivity index (χ4n) is 6.00. The van der Waals surface area contributed by atoms with Gasteiger partial charge in [-0.1, -0.05) is 60.7 Å². The maximum atomic E-state index is 14.1. The van der Waals surface area contributed by atoms with Gasteiger partial charge in [0, 0.05) is 35.7 Å². The van der Waals surface area contributed by atoms with Crippen LogP contribution in [0.3, 0.4) is 0 Å². The smallest absolute Gasteiger partial charge is 0.264 e. The molecule has 1 aromatic heterocycles. The lowest BCUT2D eigenvalue weighted by Gasteiger charge is -2.32. The van der Waals surface area contributed by atoms with Crippen molar-refractivity contribution in [3.63, 3.8) is 0 Å². The first kappa shape index (κ1) is 29.1. The molecule has 0 aliphatic carbocycles. The van der Waals surface area contributed by atoms with Crippen LogP contribution in [0, 0.1) is 0 Å². The van der Waals surface area contributed by atoms with Crippen LogP contribution in [-0.2, 0) is 9.36 Å². The second-order valence-corrected chi connectivity index (χ2v) is 14.5. The minimum Gasteiger partial charge on any atom is -0.497 e. The van der Waals surface area contributed by atoms with Crippen molar-refractivity contribution in [2.24, 2.45) is 0 Å². The van der Waals surface area contributed by atoms with E-state index in [1.807, 2.05) is 77.7 Å². The summed E-state index contributed by atoms with van der Waals surface area (Å²) in [6.07, 6.45) is 1.60. The molecule has 2 heterocycles. The second-order valence-electron chi connectivity index (χ2n) is 11.1. The van der Waals surface area contributed by atoms with Gasteiger partial charge < -0.3 is 19.8 Å². The maximum absolute atomic E-state index is 14.1. The monoisotopic (exact) mass is 612 g/mol. The molecule has 2 amide bonds. The quantitative estimate of drug-likeness (QED) is 0.184. The van der Waals surface area contributed by atoms with Crippen molar-refractivity contribution in [2.75, 3.05) is 32.2 Å². The van der Waals surface area contributed by atoms with Gasteiger partial charge in [-0.25, -0.2) is 0 Å². The third-order valence-corrected chi connectivity index (χ3v) is 10.8. The van der Waals surface area contributed by atoms with Gasteiger partial charge in [-0.05, 0) is 70.8 Å². The maximum Gasteiger partial charge on any atom is 0.264 e. The Bertz CT molecular complexity index is 1850. The number of nitrogens with one attached hydrogen (secondary N) is 1. The number of hydrogen-bond acceptors (Lipinski definition) is 5. The van der Waals surface area contributed by atoms with E-state index in [-0.39, 0.29) is 5.91 Å². The highest BCUT2D eigenvalue weighted by Gasteiger charge is 2.41. The molecule has 2 atom stereocenters. The first-order valence-corrected chi connectivity index (χ1v) is 17.3. The van der Waals surface area contributed by atoms with Crippen molar-refractivity contribution < 1.29 is 23.8 Å². The Balaban J connectivity index is 1.30. The molecular weight excluding hydrogens is 579 g/mol. The van der Waals surface area contributed by atoms with Crippen molar-refractivity contribution in [2.45, 2.75) is 24.4 Å². The molecule has 220 valence electrons. The van der Waals surface area contributed by atoms with Gasteiger partial charge in [0.05, 0.1) is 12.0 Å². The normalized spacial score (nSPS) is 16.1. The number of carbonyl (C=O) groups excluding carboxylic acids is 2. The number of carbonyl (C=O) groups is 2. The molecule has 43 heavy (non-hydrogen) atoms. The van der Waals surface area contributed by atoms with E-state index in [9.17, 15) is 19.0 Å². The third kappa shape index (κ3) is 5.96. The highest BCUT2D eigenvalue weighted by atomic mass is 32.1. The number of thiophene rings is 1. The van der Waals surface area contributed by atoms with E-state index >= 15 is 0 Å². The Morgan fingerprint density at radius 1 is 0.953 bits per heavy atom. The van der Waals surface area contributed by atoms with Crippen molar-refractivity contribution in [3.8, 4) is 5.75 Å². The first-order valence-electron chi connectivity index (χ1n) is 14.3. The predicted octanol–water partition coefficient (Wildman–Crippen LogP) is 7.66. The Morgan fingerprint density at radius 2 is 1.63 bits per heavy atom. The van der Waals surface area contributed by atoms with Crippen molar-refractivity contribution in [3.05, 3.63) is 107 Å². The predicted molar refractivity (Wildman–Crippen MR) is 174 cm³/mol.